The van der Waals surface area contributed by atoms with Gasteiger partial charge in [0, 0.05) is 30.0 Å². The van der Waals surface area contributed by atoms with E-state index in [9.17, 15) is 4.79 Å². The Hall–Kier alpha value is -3.87. The van der Waals surface area contributed by atoms with Crippen molar-refractivity contribution in [3.8, 4) is 11.4 Å². The van der Waals surface area contributed by atoms with Crippen LogP contribution in [0.4, 0.5) is 11.4 Å². The average molecular weight is 486 g/mol. The van der Waals surface area contributed by atoms with Crippen molar-refractivity contribution >= 4 is 28.3 Å². The number of nitrogens with one attached hydrogen (secondary N) is 1. The summed E-state index contributed by atoms with van der Waals surface area (Å²) in [4.78, 5) is 16.9. The molecule has 1 aromatic heterocycles. The Labute approximate surface area is 213 Å². The van der Waals surface area contributed by atoms with E-state index in [1.807, 2.05) is 38.1 Å². The summed E-state index contributed by atoms with van der Waals surface area (Å²) >= 11 is 0. The number of amides is 1. The van der Waals surface area contributed by atoms with Crippen LogP contribution in [0, 0.1) is 13.8 Å². The molecule has 0 unspecified atom stereocenters. The molecule has 7 nitrogen and oxygen atoms in total. The molecule has 0 aliphatic rings. The summed E-state index contributed by atoms with van der Waals surface area (Å²) in [7, 11) is 0. The first kappa shape index (κ1) is 25.2. The fraction of sp³-hybridized carbons (Fsp3) is 0.345. The van der Waals surface area contributed by atoms with Gasteiger partial charge in [-0.15, -0.1) is 10.2 Å². The predicted molar refractivity (Wildman–Crippen MR) is 147 cm³/mol. The molecule has 0 saturated carbocycles. The van der Waals surface area contributed by atoms with Crippen molar-refractivity contribution in [2.45, 2.75) is 54.1 Å². The summed E-state index contributed by atoms with van der Waals surface area (Å²) in [6, 6.07) is 17.4. The third-order valence-electron chi connectivity index (χ3n) is 6.53. The van der Waals surface area contributed by atoms with Crippen LogP contribution in [0.2, 0.25) is 0 Å². The van der Waals surface area contributed by atoms with Crippen LogP contribution in [0.5, 0.6) is 5.75 Å². The Bertz CT molecular complexity index is 1360. The van der Waals surface area contributed by atoms with Gasteiger partial charge in [0.05, 0.1) is 11.8 Å². The van der Waals surface area contributed by atoms with E-state index in [2.05, 4.69) is 56.1 Å². The zero-order chi connectivity index (χ0) is 25.8. The Morgan fingerprint density at radius 1 is 0.944 bits per heavy atom. The number of aromatic nitrogens is 3. The highest BCUT2D eigenvalue weighted by Gasteiger charge is 2.14. The van der Waals surface area contributed by atoms with Crippen molar-refractivity contribution in [3.63, 3.8) is 0 Å². The molecule has 188 valence electrons. The first-order chi connectivity index (χ1) is 17.3. The van der Waals surface area contributed by atoms with Gasteiger partial charge in [0.25, 0.3) is 5.91 Å². The molecule has 3 aromatic carbocycles. The van der Waals surface area contributed by atoms with Crippen molar-refractivity contribution in [3.05, 3.63) is 71.3 Å². The third kappa shape index (κ3) is 5.35. The first-order valence-electron chi connectivity index (χ1n) is 12.6. The van der Waals surface area contributed by atoms with Crippen LogP contribution >= 0.6 is 0 Å². The van der Waals surface area contributed by atoms with Gasteiger partial charge < -0.3 is 15.0 Å². The summed E-state index contributed by atoms with van der Waals surface area (Å²) in [5.74, 6) is 0.582. The first-order valence-corrected chi connectivity index (χ1v) is 12.6. The fourth-order valence-corrected chi connectivity index (χ4v) is 4.15. The van der Waals surface area contributed by atoms with Crippen molar-refractivity contribution in [2.75, 3.05) is 23.3 Å². The van der Waals surface area contributed by atoms with E-state index < -0.39 is 0 Å². The Morgan fingerprint density at radius 3 is 2.22 bits per heavy atom. The van der Waals surface area contributed by atoms with Crippen LogP contribution in [0.3, 0.4) is 0 Å². The second-order valence-electron chi connectivity index (χ2n) is 9.10. The number of aryl methyl sites for hydroxylation is 2. The van der Waals surface area contributed by atoms with Crippen LogP contribution in [-0.2, 0) is 0 Å². The number of fused-ring (bicyclic) bond motifs is 1. The van der Waals surface area contributed by atoms with Crippen LogP contribution in [0.25, 0.3) is 16.7 Å². The van der Waals surface area contributed by atoms with Crippen molar-refractivity contribution < 1.29 is 9.53 Å². The molecule has 0 radical (unpaired) electrons. The summed E-state index contributed by atoms with van der Waals surface area (Å²) in [5, 5.41) is 12.4. The molecular weight excluding hydrogens is 450 g/mol. The fourth-order valence-electron chi connectivity index (χ4n) is 4.15. The molecule has 36 heavy (non-hydrogen) atoms. The summed E-state index contributed by atoms with van der Waals surface area (Å²) in [5.41, 5.74) is 6.94. The summed E-state index contributed by atoms with van der Waals surface area (Å²) in [6.07, 6.45) is 1.06. The van der Waals surface area contributed by atoms with Crippen LogP contribution in [0.1, 0.15) is 55.6 Å². The third-order valence-corrected chi connectivity index (χ3v) is 6.53. The molecule has 0 bridgehead atoms. The number of carbonyl (C=O) groups excluding carboxylic acids is 1. The minimum Gasteiger partial charge on any atom is -0.491 e. The normalized spacial score (nSPS) is 11.9. The number of benzene rings is 3. The van der Waals surface area contributed by atoms with Gasteiger partial charge >= 0.3 is 0 Å². The molecule has 1 N–H and O–H groups in total. The van der Waals surface area contributed by atoms with Gasteiger partial charge in [0.1, 0.15) is 16.8 Å². The lowest BCUT2D eigenvalue weighted by molar-refractivity contribution is 0.102. The molecule has 1 amide bonds. The smallest absolute Gasteiger partial charge is 0.255 e. The lowest BCUT2D eigenvalue weighted by Gasteiger charge is -2.22. The monoisotopic (exact) mass is 485 g/mol. The van der Waals surface area contributed by atoms with Crippen molar-refractivity contribution in [1.82, 2.24) is 15.0 Å². The van der Waals surface area contributed by atoms with E-state index in [1.165, 1.54) is 5.69 Å². The van der Waals surface area contributed by atoms with Crippen LogP contribution in [0.15, 0.2) is 54.6 Å². The van der Waals surface area contributed by atoms with Gasteiger partial charge in [-0.25, -0.2) is 0 Å². The largest absolute Gasteiger partial charge is 0.491 e. The number of carbonyl (C=O) groups is 1. The molecule has 4 aromatic rings. The lowest BCUT2D eigenvalue weighted by Crippen LogP contribution is -2.21. The maximum absolute atomic E-state index is 12.9. The number of nitrogens with zero attached hydrogens (tertiary/aromatic N) is 4. The standard InChI is InChI=1S/C29H35N5O2/c1-7-21(6)36-24-13-10-22(11-14-24)29(35)30-25-18-27-26(17-19(25)4)31-34(32-27)28-15-12-23(16-20(28)5)33(8-2)9-3/h10-18,21H,7-9H2,1-6H3,(H,30,35)/t21-/m1/s1. The van der Waals surface area contributed by atoms with Crippen molar-refractivity contribution in [2.24, 2.45) is 0 Å². The second kappa shape index (κ2) is 10.8. The zero-order valence-electron chi connectivity index (χ0n) is 22.0. The maximum Gasteiger partial charge on any atom is 0.255 e. The van der Waals surface area contributed by atoms with E-state index in [1.54, 1.807) is 16.9 Å². The minimum atomic E-state index is -0.178. The van der Waals surface area contributed by atoms with Gasteiger partial charge in [-0.3, -0.25) is 4.79 Å². The molecule has 7 heteroatoms. The Balaban J connectivity index is 1.55. The number of ether oxygens (including phenoxy) is 1. The molecule has 1 heterocycles. The predicted octanol–water partition coefficient (Wildman–Crippen LogP) is 6.31. The van der Waals surface area contributed by atoms with Crippen LogP contribution in [-0.4, -0.2) is 40.1 Å². The van der Waals surface area contributed by atoms with E-state index in [4.69, 9.17) is 14.9 Å². The molecular formula is C29H35N5O2. The highest BCUT2D eigenvalue weighted by atomic mass is 16.5. The SMILES string of the molecule is CC[C@@H](C)Oc1ccc(C(=O)Nc2cc3nn(-c4ccc(N(CC)CC)cc4C)nc3cc2C)cc1. The Kier molecular flexibility index (Phi) is 7.58. The number of anilines is 2. The lowest BCUT2D eigenvalue weighted by atomic mass is 10.1. The highest BCUT2D eigenvalue weighted by molar-refractivity contribution is 6.05. The van der Waals surface area contributed by atoms with Crippen LogP contribution < -0.4 is 15.0 Å². The molecule has 0 saturated heterocycles. The minimum absolute atomic E-state index is 0.136. The molecule has 0 fully saturated rings. The molecule has 0 aliphatic carbocycles. The van der Waals surface area contributed by atoms with E-state index >= 15 is 0 Å². The van der Waals surface area contributed by atoms with Gasteiger partial charge in [-0.1, -0.05) is 6.92 Å². The second-order valence-corrected chi connectivity index (χ2v) is 9.10. The number of rotatable bonds is 9. The maximum atomic E-state index is 12.9. The van der Waals surface area contributed by atoms with Gasteiger partial charge in [-0.2, -0.15) is 4.80 Å². The van der Waals surface area contributed by atoms with E-state index in [0.29, 0.717) is 11.3 Å². The van der Waals surface area contributed by atoms with Gasteiger partial charge in [-0.05, 0) is 107 Å². The summed E-state index contributed by atoms with van der Waals surface area (Å²) < 4.78 is 5.81. The molecule has 0 aliphatic heterocycles. The van der Waals surface area contributed by atoms with Crippen molar-refractivity contribution in [1.29, 1.82) is 0 Å². The molecule has 0 spiro atoms. The molecule has 4 rings (SSSR count). The van der Waals surface area contributed by atoms with E-state index in [-0.39, 0.29) is 12.0 Å². The van der Waals surface area contributed by atoms with Gasteiger partial charge in [0.2, 0.25) is 0 Å². The highest BCUT2D eigenvalue weighted by Crippen LogP contribution is 2.25. The quantitative estimate of drug-likeness (QED) is 0.301. The average Bonchev–Trinajstić information content (AvgIpc) is 3.27. The van der Waals surface area contributed by atoms with Gasteiger partial charge in [0.15, 0.2) is 0 Å². The summed E-state index contributed by atoms with van der Waals surface area (Å²) in [6.45, 7) is 14.4. The number of hydrogen-bond donors (Lipinski definition) is 1. The topological polar surface area (TPSA) is 72.3 Å². The molecule has 1 atom stereocenters. The van der Waals surface area contributed by atoms with E-state index in [0.717, 1.165) is 53.1 Å². The Morgan fingerprint density at radius 2 is 1.61 bits per heavy atom. The zero-order valence-corrected chi connectivity index (χ0v) is 22.0. The number of hydrogen-bond acceptors (Lipinski definition) is 5.